The molecule has 0 aromatic heterocycles. The van der Waals surface area contributed by atoms with Crippen molar-refractivity contribution >= 4 is 68.8 Å². The Morgan fingerprint density at radius 2 is 1.86 bits per heavy atom. The number of hydrogen-bond donors (Lipinski definition) is 0. The predicted octanol–water partition coefficient (Wildman–Crippen LogP) is 7.30. The first-order valence-electron chi connectivity index (χ1n) is 10.7. The van der Waals surface area contributed by atoms with Gasteiger partial charge in [-0.1, -0.05) is 23.7 Å². The first-order chi connectivity index (χ1) is 16.9. The summed E-state index contributed by atoms with van der Waals surface area (Å²) in [6.45, 7) is 2.68. The number of benzene rings is 3. The molecule has 0 unspecified atom stereocenters. The van der Waals surface area contributed by atoms with Crippen LogP contribution in [0.4, 0.5) is 10.1 Å². The molecule has 180 valence electrons. The Labute approximate surface area is 226 Å². The van der Waals surface area contributed by atoms with E-state index in [0.29, 0.717) is 51.0 Å². The lowest BCUT2D eigenvalue weighted by Crippen LogP contribution is -2.28. The van der Waals surface area contributed by atoms with Crippen molar-refractivity contribution in [3.8, 4) is 11.5 Å². The Morgan fingerprint density at radius 1 is 1.14 bits per heavy atom. The average molecular weight is 623 g/mol. The second-order valence-electron chi connectivity index (χ2n) is 7.48. The van der Waals surface area contributed by atoms with Gasteiger partial charge in [0, 0.05) is 10.1 Å². The van der Waals surface area contributed by atoms with Crippen molar-refractivity contribution < 1.29 is 18.7 Å². The lowest BCUT2D eigenvalue weighted by molar-refractivity contribution is -0.122. The number of likely N-dealkylation sites (N-methyl/N-ethyl adjacent to an activating group) is 1. The summed E-state index contributed by atoms with van der Waals surface area (Å²) in [5.41, 5.74) is 2.28. The fourth-order valence-corrected chi connectivity index (χ4v) is 5.04. The van der Waals surface area contributed by atoms with Crippen LogP contribution in [0.1, 0.15) is 18.1 Å². The molecule has 0 saturated carbocycles. The minimum absolute atomic E-state index is 0.160. The van der Waals surface area contributed by atoms with Crippen LogP contribution < -0.4 is 9.47 Å². The SMILES string of the molecule is CCN1C(=O)/C(=C\c2cc(Cl)c(OCc3ccc(I)cc3)c(OC)c2)SC1=Nc1ccc(F)cc1. The molecule has 1 saturated heterocycles. The van der Waals surface area contributed by atoms with Gasteiger partial charge in [0.25, 0.3) is 5.91 Å². The van der Waals surface area contributed by atoms with Crippen LogP contribution >= 0.6 is 46.0 Å². The van der Waals surface area contributed by atoms with Gasteiger partial charge in [-0.15, -0.1) is 0 Å². The van der Waals surface area contributed by atoms with Crippen molar-refractivity contribution in [3.05, 3.63) is 91.1 Å². The maximum atomic E-state index is 13.2. The highest BCUT2D eigenvalue weighted by Crippen LogP contribution is 2.39. The minimum atomic E-state index is -0.339. The molecule has 0 aliphatic carbocycles. The second kappa shape index (κ2) is 11.5. The van der Waals surface area contributed by atoms with Crippen LogP contribution in [0.15, 0.2) is 70.6 Å². The minimum Gasteiger partial charge on any atom is -0.493 e. The molecule has 35 heavy (non-hydrogen) atoms. The van der Waals surface area contributed by atoms with Gasteiger partial charge in [-0.2, -0.15) is 0 Å². The molecule has 0 atom stereocenters. The molecule has 0 spiro atoms. The molecular formula is C26H21ClFIN2O3S. The van der Waals surface area contributed by atoms with Crippen LogP contribution in [0.2, 0.25) is 5.02 Å². The van der Waals surface area contributed by atoms with Gasteiger partial charge >= 0.3 is 0 Å². The smallest absolute Gasteiger partial charge is 0.266 e. The van der Waals surface area contributed by atoms with Crippen LogP contribution in [-0.4, -0.2) is 29.6 Å². The van der Waals surface area contributed by atoms with Crippen LogP contribution in [0.25, 0.3) is 6.08 Å². The maximum absolute atomic E-state index is 13.2. The third-order valence-electron chi connectivity index (χ3n) is 5.10. The summed E-state index contributed by atoms with van der Waals surface area (Å²) < 4.78 is 25.8. The summed E-state index contributed by atoms with van der Waals surface area (Å²) >= 11 is 10.0. The summed E-state index contributed by atoms with van der Waals surface area (Å²) in [7, 11) is 1.54. The highest BCUT2D eigenvalue weighted by molar-refractivity contribution is 14.1. The Balaban J connectivity index is 1.58. The fraction of sp³-hybridized carbons (Fsp3) is 0.154. The normalized spacial score (nSPS) is 15.8. The van der Waals surface area contributed by atoms with Crippen LogP contribution in [0, 0.1) is 9.39 Å². The van der Waals surface area contributed by atoms with Gasteiger partial charge in [0.05, 0.1) is 22.7 Å². The second-order valence-corrected chi connectivity index (χ2v) is 10.1. The summed E-state index contributed by atoms with van der Waals surface area (Å²) in [6.07, 6.45) is 1.75. The highest BCUT2D eigenvalue weighted by atomic mass is 127. The van der Waals surface area contributed by atoms with E-state index in [1.54, 1.807) is 42.4 Å². The van der Waals surface area contributed by atoms with E-state index >= 15 is 0 Å². The summed E-state index contributed by atoms with van der Waals surface area (Å²) in [6, 6.07) is 17.3. The van der Waals surface area contributed by atoms with Crippen molar-refractivity contribution in [2.45, 2.75) is 13.5 Å². The Kier molecular flexibility index (Phi) is 8.35. The van der Waals surface area contributed by atoms with Crippen molar-refractivity contribution in [1.82, 2.24) is 4.90 Å². The van der Waals surface area contributed by atoms with Gasteiger partial charge in [-0.25, -0.2) is 9.38 Å². The third-order valence-corrected chi connectivity index (χ3v) is 7.11. The number of amides is 1. The van der Waals surface area contributed by atoms with Gasteiger partial charge in [0.2, 0.25) is 0 Å². The lowest BCUT2D eigenvalue weighted by Gasteiger charge is -2.14. The largest absolute Gasteiger partial charge is 0.493 e. The molecule has 0 bridgehead atoms. The number of carbonyl (C=O) groups excluding carboxylic acids is 1. The number of carbonyl (C=O) groups is 1. The third kappa shape index (κ3) is 6.17. The molecule has 1 fully saturated rings. The Bertz CT molecular complexity index is 1300. The Morgan fingerprint density at radius 3 is 2.51 bits per heavy atom. The number of rotatable bonds is 7. The molecule has 9 heteroatoms. The molecule has 5 nitrogen and oxygen atoms in total. The number of methoxy groups -OCH3 is 1. The highest BCUT2D eigenvalue weighted by Gasteiger charge is 2.32. The monoisotopic (exact) mass is 622 g/mol. The van der Waals surface area contributed by atoms with Gasteiger partial charge < -0.3 is 9.47 Å². The molecule has 0 radical (unpaired) electrons. The van der Waals surface area contributed by atoms with E-state index < -0.39 is 0 Å². The van der Waals surface area contributed by atoms with Crippen molar-refractivity contribution in [1.29, 1.82) is 0 Å². The van der Waals surface area contributed by atoms with E-state index in [2.05, 4.69) is 27.6 Å². The van der Waals surface area contributed by atoms with Crippen molar-refractivity contribution in [2.75, 3.05) is 13.7 Å². The lowest BCUT2D eigenvalue weighted by atomic mass is 10.1. The molecule has 0 N–H and O–H groups in total. The molecule has 1 aliphatic rings. The van der Waals surface area contributed by atoms with Crippen molar-refractivity contribution in [2.24, 2.45) is 4.99 Å². The fourth-order valence-electron chi connectivity index (χ4n) is 3.35. The number of nitrogens with zero attached hydrogens (tertiary/aromatic N) is 2. The predicted molar refractivity (Wildman–Crippen MR) is 148 cm³/mol. The quantitative estimate of drug-likeness (QED) is 0.205. The molecule has 3 aromatic carbocycles. The topological polar surface area (TPSA) is 51.1 Å². The zero-order chi connectivity index (χ0) is 24.9. The number of amidine groups is 1. The standard InChI is InChI=1S/C26H21ClFIN2O3S/c1-3-31-25(32)23(35-26(31)30-20-10-6-18(28)7-11-20)14-17-12-21(27)24(22(13-17)33-2)34-15-16-4-8-19(29)9-5-16/h4-14H,3,15H2,1-2H3/b23-14+,30-26?. The van der Waals surface area contributed by atoms with Crippen LogP contribution in [0.5, 0.6) is 11.5 Å². The van der Waals surface area contributed by atoms with E-state index in [1.165, 1.54) is 23.9 Å². The molecule has 1 aliphatic heterocycles. The average Bonchev–Trinajstić information content (AvgIpc) is 3.14. The number of hydrogen-bond acceptors (Lipinski definition) is 5. The summed E-state index contributed by atoms with van der Waals surface area (Å²) in [5, 5.41) is 0.913. The summed E-state index contributed by atoms with van der Waals surface area (Å²) in [4.78, 5) is 19.6. The summed E-state index contributed by atoms with van der Waals surface area (Å²) in [5.74, 6) is 0.410. The van der Waals surface area contributed by atoms with Crippen molar-refractivity contribution in [3.63, 3.8) is 0 Å². The van der Waals surface area contributed by atoms with Gasteiger partial charge in [0.15, 0.2) is 16.7 Å². The van der Waals surface area contributed by atoms with Crippen LogP contribution in [-0.2, 0) is 11.4 Å². The number of ether oxygens (including phenoxy) is 2. The molecular weight excluding hydrogens is 602 g/mol. The van der Waals surface area contributed by atoms with Gasteiger partial charge in [0.1, 0.15) is 12.4 Å². The number of aliphatic imine (C=N–C) groups is 1. The van der Waals surface area contributed by atoms with E-state index in [1.807, 2.05) is 31.2 Å². The zero-order valence-corrected chi connectivity index (χ0v) is 22.7. The zero-order valence-electron chi connectivity index (χ0n) is 18.9. The van der Waals surface area contributed by atoms with E-state index in [9.17, 15) is 9.18 Å². The Hall–Kier alpha value is -2.56. The van der Waals surface area contributed by atoms with Gasteiger partial charge in [-0.3, -0.25) is 9.69 Å². The molecule has 4 rings (SSSR count). The van der Waals surface area contributed by atoms with Gasteiger partial charge in [-0.05, 0) is 107 Å². The maximum Gasteiger partial charge on any atom is 0.266 e. The number of thioether (sulfide) groups is 1. The molecule has 3 aromatic rings. The van der Waals surface area contributed by atoms with E-state index in [0.717, 1.165) is 9.13 Å². The first-order valence-corrected chi connectivity index (χ1v) is 13.0. The molecule has 1 heterocycles. The van der Waals surface area contributed by atoms with E-state index in [4.69, 9.17) is 21.1 Å². The number of halogens is 3. The van der Waals surface area contributed by atoms with E-state index in [-0.39, 0.29) is 11.7 Å². The molecule has 1 amide bonds. The van der Waals surface area contributed by atoms with Crippen LogP contribution in [0.3, 0.4) is 0 Å². The first kappa shape index (κ1) is 25.5.